The lowest BCUT2D eigenvalue weighted by Crippen LogP contribution is -2.28. The van der Waals surface area contributed by atoms with Crippen molar-refractivity contribution in [1.82, 2.24) is 14.5 Å². The molecule has 0 amide bonds. The van der Waals surface area contributed by atoms with E-state index in [2.05, 4.69) is 78.9 Å². The van der Waals surface area contributed by atoms with Crippen molar-refractivity contribution < 1.29 is 19.4 Å². The molecule has 0 atom stereocenters. The number of aromatic nitrogens is 3. The van der Waals surface area contributed by atoms with E-state index < -0.39 is 11.4 Å². The number of fused-ring (bicyclic) bond motifs is 2. The van der Waals surface area contributed by atoms with Crippen LogP contribution < -0.4 is 9.47 Å². The number of hydrogen-bond donors (Lipinski definition) is 1. The summed E-state index contributed by atoms with van der Waals surface area (Å²) >= 11 is 1.67. The third kappa shape index (κ3) is 7.34. The number of ether oxygens (including phenoxy) is 2. The summed E-state index contributed by atoms with van der Waals surface area (Å²) in [6.45, 7) is 11.3. The molecule has 8 heteroatoms. The Morgan fingerprint density at radius 2 is 1.65 bits per heavy atom. The zero-order chi connectivity index (χ0) is 34.1. The number of rotatable bonds is 11. The average Bonchev–Trinajstić information content (AvgIpc) is 3.33. The highest BCUT2D eigenvalue weighted by Gasteiger charge is 2.32. The first-order chi connectivity index (χ1) is 22.9. The van der Waals surface area contributed by atoms with E-state index in [4.69, 9.17) is 14.5 Å². The molecule has 6 rings (SSSR count). The Morgan fingerprint density at radius 3 is 2.33 bits per heavy atom. The van der Waals surface area contributed by atoms with Crippen molar-refractivity contribution in [1.29, 1.82) is 0 Å². The maximum atomic E-state index is 12.4. The molecule has 48 heavy (non-hydrogen) atoms. The third-order valence-electron chi connectivity index (χ3n) is 8.31. The summed E-state index contributed by atoms with van der Waals surface area (Å²) in [5.41, 5.74) is 4.86. The first-order valence-corrected chi connectivity index (χ1v) is 16.9. The molecule has 3 heterocycles. The fourth-order valence-electron chi connectivity index (χ4n) is 5.73. The first kappa shape index (κ1) is 33.1. The molecule has 0 saturated heterocycles. The Hall–Kier alpha value is -4.82. The summed E-state index contributed by atoms with van der Waals surface area (Å²) in [4.78, 5) is 23.7. The minimum atomic E-state index is -0.967. The van der Waals surface area contributed by atoms with Crippen LogP contribution in [-0.4, -0.2) is 32.7 Å². The van der Waals surface area contributed by atoms with Gasteiger partial charge in [-0.3, -0.25) is 4.79 Å². The Morgan fingerprint density at radius 1 is 0.896 bits per heavy atom. The standard InChI is InChI=1S/C40H41N3O4S/c1-39(2,3)25-43-34-21-30(47-24-29-15-11-27-9-7-8-10-33(27)42-29)16-19-32(34)37(35(43)22-40(4,5)38(44)45)48-31-17-12-26(13-18-31)28-14-20-36(46-6)41-23-28/h7-21,23H,22,24-25H2,1-6H3,(H,44,45). The van der Waals surface area contributed by atoms with Gasteiger partial charge in [-0.25, -0.2) is 9.97 Å². The van der Waals surface area contributed by atoms with Gasteiger partial charge >= 0.3 is 5.97 Å². The van der Waals surface area contributed by atoms with Crippen LogP contribution in [0.4, 0.5) is 0 Å². The van der Waals surface area contributed by atoms with Gasteiger partial charge in [-0.2, -0.15) is 0 Å². The smallest absolute Gasteiger partial charge is 0.309 e. The number of carboxylic acid groups (broad SMARTS) is 1. The van der Waals surface area contributed by atoms with Crippen LogP contribution in [-0.2, 0) is 24.4 Å². The molecule has 0 spiro atoms. The number of carbonyl (C=O) groups is 1. The molecular weight excluding hydrogens is 619 g/mol. The molecule has 0 bridgehead atoms. The van der Waals surface area contributed by atoms with E-state index >= 15 is 0 Å². The first-order valence-electron chi connectivity index (χ1n) is 16.0. The van der Waals surface area contributed by atoms with E-state index in [0.29, 0.717) is 25.5 Å². The molecule has 6 aromatic rings. The predicted octanol–water partition coefficient (Wildman–Crippen LogP) is 9.69. The van der Waals surface area contributed by atoms with E-state index in [1.54, 1.807) is 32.7 Å². The zero-order valence-corrected chi connectivity index (χ0v) is 29.1. The Kier molecular flexibility index (Phi) is 9.21. The quantitative estimate of drug-likeness (QED) is 0.148. The second kappa shape index (κ2) is 13.4. The molecule has 0 saturated carbocycles. The molecule has 0 radical (unpaired) electrons. The summed E-state index contributed by atoms with van der Waals surface area (Å²) in [5.74, 6) is 0.492. The van der Waals surface area contributed by atoms with Gasteiger partial charge in [0.1, 0.15) is 12.4 Å². The fourth-order valence-corrected chi connectivity index (χ4v) is 6.82. The largest absolute Gasteiger partial charge is 0.487 e. The minimum absolute atomic E-state index is 0.0596. The van der Waals surface area contributed by atoms with Crippen LogP contribution in [0.5, 0.6) is 11.6 Å². The van der Waals surface area contributed by atoms with Gasteiger partial charge in [-0.05, 0) is 67.3 Å². The van der Waals surface area contributed by atoms with Crippen LogP contribution in [0.3, 0.4) is 0 Å². The van der Waals surface area contributed by atoms with Crippen molar-refractivity contribution in [3.8, 4) is 22.8 Å². The van der Waals surface area contributed by atoms with E-state index in [1.165, 1.54) is 0 Å². The molecule has 3 aromatic carbocycles. The van der Waals surface area contributed by atoms with Gasteiger partial charge in [0.15, 0.2) is 0 Å². The number of carboxylic acids is 1. The van der Waals surface area contributed by atoms with Crippen LogP contribution in [0.1, 0.15) is 46.0 Å². The van der Waals surface area contributed by atoms with E-state index in [0.717, 1.165) is 59.9 Å². The van der Waals surface area contributed by atoms with Gasteiger partial charge < -0.3 is 19.1 Å². The van der Waals surface area contributed by atoms with Crippen molar-refractivity contribution in [3.63, 3.8) is 0 Å². The lowest BCUT2D eigenvalue weighted by atomic mass is 9.87. The zero-order valence-electron chi connectivity index (χ0n) is 28.3. The maximum absolute atomic E-state index is 12.4. The topological polar surface area (TPSA) is 86.5 Å². The van der Waals surface area contributed by atoms with Crippen molar-refractivity contribution in [2.75, 3.05) is 7.11 Å². The number of para-hydroxylation sites is 1. The molecule has 7 nitrogen and oxygen atoms in total. The number of nitrogens with zero attached hydrogens (tertiary/aromatic N) is 3. The van der Waals surface area contributed by atoms with Gasteiger partial charge in [0.25, 0.3) is 0 Å². The highest BCUT2D eigenvalue weighted by molar-refractivity contribution is 7.99. The summed E-state index contributed by atoms with van der Waals surface area (Å²) in [6, 6.07) is 30.6. The van der Waals surface area contributed by atoms with Crippen LogP contribution >= 0.6 is 11.8 Å². The van der Waals surface area contributed by atoms with Crippen molar-refractivity contribution in [2.24, 2.45) is 10.8 Å². The van der Waals surface area contributed by atoms with Crippen LogP contribution in [0.15, 0.2) is 107 Å². The molecule has 0 aliphatic rings. The van der Waals surface area contributed by atoms with Crippen molar-refractivity contribution in [2.45, 2.75) is 64.0 Å². The second-order valence-electron chi connectivity index (χ2n) is 14.0. The molecular formula is C40H41N3O4S. The lowest BCUT2D eigenvalue weighted by molar-refractivity contribution is -0.146. The van der Waals surface area contributed by atoms with Crippen LogP contribution in [0.25, 0.3) is 32.9 Å². The van der Waals surface area contributed by atoms with Crippen molar-refractivity contribution >= 4 is 39.5 Å². The summed E-state index contributed by atoms with van der Waals surface area (Å²) < 4.78 is 13.8. The van der Waals surface area contributed by atoms with Gasteiger partial charge in [0, 0.05) is 63.1 Å². The average molecular weight is 660 g/mol. The monoisotopic (exact) mass is 659 g/mol. The van der Waals surface area contributed by atoms with Gasteiger partial charge in [0.05, 0.1) is 29.3 Å². The van der Waals surface area contributed by atoms with Gasteiger partial charge in [-0.1, -0.05) is 68.9 Å². The van der Waals surface area contributed by atoms with Gasteiger partial charge in [0.2, 0.25) is 5.88 Å². The molecule has 0 aliphatic carbocycles. The summed E-state index contributed by atoms with van der Waals surface area (Å²) in [6.07, 6.45) is 2.19. The Balaban J connectivity index is 1.38. The number of aliphatic carboxylic acids is 1. The molecule has 1 N–H and O–H groups in total. The number of pyridine rings is 2. The lowest BCUT2D eigenvalue weighted by Gasteiger charge is -2.26. The van der Waals surface area contributed by atoms with E-state index in [1.807, 2.05) is 48.7 Å². The second-order valence-corrected chi connectivity index (χ2v) is 15.1. The highest BCUT2D eigenvalue weighted by atomic mass is 32.2. The Bertz CT molecular complexity index is 2080. The third-order valence-corrected chi connectivity index (χ3v) is 9.48. The number of methoxy groups -OCH3 is 1. The van der Waals surface area contributed by atoms with Crippen LogP contribution in [0.2, 0.25) is 0 Å². The molecule has 0 fully saturated rings. The SMILES string of the molecule is COc1ccc(-c2ccc(Sc3c(CC(C)(C)C(=O)O)n(CC(C)(C)C)c4cc(OCc5ccc6ccccc6n5)ccc34)cc2)cn1. The normalized spacial score (nSPS) is 12.0. The van der Waals surface area contributed by atoms with E-state index in [-0.39, 0.29) is 5.41 Å². The fraction of sp³-hybridized carbons (Fsp3) is 0.275. The predicted molar refractivity (Wildman–Crippen MR) is 193 cm³/mol. The molecule has 0 aliphatic heterocycles. The molecule has 246 valence electrons. The van der Waals surface area contributed by atoms with Crippen LogP contribution in [0, 0.1) is 10.8 Å². The summed E-state index contributed by atoms with van der Waals surface area (Å²) in [7, 11) is 1.61. The summed E-state index contributed by atoms with van der Waals surface area (Å²) in [5, 5.41) is 12.4. The van der Waals surface area contributed by atoms with E-state index in [9.17, 15) is 9.90 Å². The number of hydrogen-bond acceptors (Lipinski definition) is 6. The highest BCUT2D eigenvalue weighted by Crippen LogP contribution is 2.43. The maximum Gasteiger partial charge on any atom is 0.309 e. The Labute approximate surface area is 286 Å². The number of benzene rings is 3. The van der Waals surface area contributed by atoms with Gasteiger partial charge in [-0.15, -0.1) is 0 Å². The minimum Gasteiger partial charge on any atom is -0.487 e. The molecule has 0 unspecified atom stereocenters. The molecule has 3 aromatic heterocycles. The van der Waals surface area contributed by atoms with Crippen molar-refractivity contribution in [3.05, 3.63) is 109 Å².